The van der Waals surface area contributed by atoms with Gasteiger partial charge in [-0.05, 0) is 12.1 Å². The SMILES string of the molecule is COC(=O)c1ccc([C@H]2CO2)nc1. The minimum Gasteiger partial charge on any atom is -0.465 e. The molecular weight excluding hydrogens is 170 g/mol. The number of aromatic nitrogens is 1. The Morgan fingerprint density at radius 3 is 2.92 bits per heavy atom. The van der Waals surface area contributed by atoms with E-state index in [4.69, 9.17) is 4.74 Å². The van der Waals surface area contributed by atoms with Crippen molar-refractivity contribution in [1.82, 2.24) is 4.98 Å². The Morgan fingerprint density at radius 2 is 2.46 bits per heavy atom. The Balaban J connectivity index is 2.17. The molecule has 0 bridgehead atoms. The molecule has 2 rings (SSSR count). The summed E-state index contributed by atoms with van der Waals surface area (Å²) in [7, 11) is 1.35. The molecule has 0 saturated carbocycles. The summed E-state index contributed by atoms with van der Waals surface area (Å²) in [5.74, 6) is -0.365. The zero-order valence-corrected chi connectivity index (χ0v) is 7.19. The van der Waals surface area contributed by atoms with Crippen LogP contribution in [0.5, 0.6) is 0 Å². The summed E-state index contributed by atoms with van der Waals surface area (Å²) in [6, 6.07) is 3.47. The Hall–Kier alpha value is -1.42. The largest absolute Gasteiger partial charge is 0.465 e. The van der Waals surface area contributed by atoms with Crippen LogP contribution in [0.1, 0.15) is 22.2 Å². The van der Waals surface area contributed by atoms with E-state index in [0.29, 0.717) is 5.56 Å². The van der Waals surface area contributed by atoms with Gasteiger partial charge in [0.15, 0.2) is 0 Å². The molecule has 1 atom stereocenters. The van der Waals surface area contributed by atoms with Gasteiger partial charge in [0.05, 0.1) is 25.0 Å². The van der Waals surface area contributed by atoms with E-state index >= 15 is 0 Å². The second-order valence-electron chi connectivity index (χ2n) is 2.79. The molecule has 0 N–H and O–H groups in total. The lowest BCUT2D eigenvalue weighted by Crippen LogP contribution is -2.02. The van der Waals surface area contributed by atoms with E-state index < -0.39 is 0 Å². The average molecular weight is 179 g/mol. The monoisotopic (exact) mass is 179 g/mol. The van der Waals surface area contributed by atoms with Crippen molar-refractivity contribution in [1.29, 1.82) is 0 Å². The Bertz CT molecular complexity index is 316. The molecule has 1 aliphatic heterocycles. The van der Waals surface area contributed by atoms with Gasteiger partial charge in [-0.1, -0.05) is 0 Å². The number of methoxy groups -OCH3 is 1. The molecule has 1 aromatic heterocycles. The van der Waals surface area contributed by atoms with Gasteiger partial charge in [-0.2, -0.15) is 0 Å². The number of rotatable bonds is 2. The Morgan fingerprint density at radius 1 is 1.69 bits per heavy atom. The van der Waals surface area contributed by atoms with Crippen LogP contribution in [-0.2, 0) is 9.47 Å². The third-order valence-corrected chi connectivity index (χ3v) is 1.87. The first kappa shape index (κ1) is 8.19. The second kappa shape index (κ2) is 3.14. The highest BCUT2D eigenvalue weighted by atomic mass is 16.6. The van der Waals surface area contributed by atoms with Crippen molar-refractivity contribution >= 4 is 5.97 Å². The van der Waals surface area contributed by atoms with Crippen LogP contribution < -0.4 is 0 Å². The fourth-order valence-electron chi connectivity index (χ4n) is 1.05. The fourth-order valence-corrected chi connectivity index (χ4v) is 1.05. The van der Waals surface area contributed by atoms with Gasteiger partial charge < -0.3 is 9.47 Å². The highest BCUT2D eigenvalue weighted by Crippen LogP contribution is 2.27. The number of carbonyl (C=O) groups excluding carboxylic acids is 1. The predicted molar refractivity (Wildman–Crippen MR) is 44.3 cm³/mol. The number of ether oxygens (including phenoxy) is 2. The van der Waals surface area contributed by atoms with Crippen molar-refractivity contribution in [3.05, 3.63) is 29.6 Å². The molecule has 0 radical (unpaired) electrons. The van der Waals surface area contributed by atoms with E-state index in [1.807, 2.05) is 0 Å². The summed E-state index contributed by atoms with van der Waals surface area (Å²) in [6.45, 7) is 0.727. The summed E-state index contributed by atoms with van der Waals surface area (Å²) in [5.41, 5.74) is 1.33. The minimum absolute atomic E-state index is 0.131. The highest BCUT2D eigenvalue weighted by molar-refractivity contribution is 5.88. The van der Waals surface area contributed by atoms with Crippen LogP contribution in [0, 0.1) is 0 Å². The van der Waals surface area contributed by atoms with Gasteiger partial charge in [0.25, 0.3) is 0 Å². The zero-order valence-electron chi connectivity index (χ0n) is 7.19. The molecule has 0 amide bonds. The summed E-state index contributed by atoms with van der Waals surface area (Å²) < 4.78 is 9.58. The first-order chi connectivity index (χ1) is 6.31. The quantitative estimate of drug-likeness (QED) is 0.500. The molecule has 68 valence electrons. The number of pyridine rings is 1. The molecule has 2 heterocycles. The van der Waals surface area contributed by atoms with Gasteiger partial charge in [-0.25, -0.2) is 4.79 Å². The highest BCUT2D eigenvalue weighted by Gasteiger charge is 2.26. The molecule has 0 aromatic carbocycles. The van der Waals surface area contributed by atoms with E-state index in [0.717, 1.165) is 12.3 Å². The van der Waals surface area contributed by atoms with Crippen LogP contribution in [0.3, 0.4) is 0 Å². The van der Waals surface area contributed by atoms with Gasteiger partial charge in [0.2, 0.25) is 0 Å². The fraction of sp³-hybridized carbons (Fsp3) is 0.333. The number of esters is 1. The van der Waals surface area contributed by atoms with Crippen LogP contribution in [-0.4, -0.2) is 24.7 Å². The molecule has 4 nitrogen and oxygen atoms in total. The summed E-state index contributed by atoms with van der Waals surface area (Å²) in [5, 5.41) is 0. The van der Waals surface area contributed by atoms with Crippen LogP contribution >= 0.6 is 0 Å². The van der Waals surface area contributed by atoms with Crippen molar-refractivity contribution in [2.24, 2.45) is 0 Å². The van der Waals surface area contributed by atoms with Gasteiger partial charge in [0.1, 0.15) is 6.10 Å². The van der Waals surface area contributed by atoms with Crippen molar-refractivity contribution < 1.29 is 14.3 Å². The topological polar surface area (TPSA) is 51.7 Å². The third kappa shape index (κ3) is 1.67. The van der Waals surface area contributed by atoms with E-state index in [-0.39, 0.29) is 12.1 Å². The van der Waals surface area contributed by atoms with Crippen molar-refractivity contribution in [3.8, 4) is 0 Å². The number of epoxide rings is 1. The number of hydrogen-bond acceptors (Lipinski definition) is 4. The Labute approximate surface area is 75.5 Å². The van der Waals surface area contributed by atoms with Crippen LogP contribution in [0.15, 0.2) is 18.3 Å². The number of hydrogen-bond donors (Lipinski definition) is 0. The normalized spacial score (nSPS) is 19.6. The third-order valence-electron chi connectivity index (χ3n) is 1.87. The lowest BCUT2D eigenvalue weighted by atomic mass is 10.2. The van der Waals surface area contributed by atoms with Gasteiger partial charge >= 0.3 is 5.97 Å². The van der Waals surface area contributed by atoms with Crippen molar-refractivity contribution in [2.75, 3.05) is 13.7 Å². The van der Waals surface area contributed by atoms with E-state index in [1.54, 1.807) is 12.1 Å². The maximum absolute atomic E-state index is 11.0. The van der Waals surface area contributed by atoms with E-state index in [9.17, 15) is 4.79 Å². The Kier molecular flexibility index (Phi) is 1.98. The number of nitrogens with zero attached hydrogens (tertiary/aromatic N) is 1. The van der Waals surface area contributed by atoms with Crippen LogP contribution in [0.2, 0.25) is 0 Å². The maximum atomic E-state index is 11.0. The maximum Gasteiger partial charge on any atom is 0.339 e. The first-order valence-corrected chi connectivity index (χ1v) is 3.97. The summed E-state index contributed by atoms with van der Waals surface area (Å²) in [4.78, 5) is 15.1. The summed E-state index contributed by atoms with van der Waals surface area (Å²) in [6.07, 6.45) is 1.63. The summed E-state index contributed by atoms with van der Waals surface area (Å²) >= 11 is 0. The van der Waals surface area contributed by atoms with Gasteiger partial charge in [-0.3, -0.25) is 4.98 Å². The molecule has 0 unspecified atom stereocenters. The zero-order chi connectivity index (χ0) is 9.26. The first-order valence-electron chi connectivity index (χ1n) is 3.97. The van der Waals surface area contributed by atoms with Crippen LogP contribution in [0.25, 0.3) is 0 Å². The average Bonchev–Trinajstić information content (AvgIpc) is 3.00. The second-order valence-corrected chi connectivity index (χ2v) is 2.79. The van der Waals surface area contributed by atoms with E-state index in [1.165, 1.54) is 13.3 Å². The molecule has 1 aromatic rings. The molecule has 0 aliphatic carbocycles. The lowest BCUT2D eigenvalue weighted by molar-refractivity contribution is 0.0600. The number of carbonyl (C=O) groups is 1. The smallest absolute Gasteiger partial charge is 0.339 e. The lowest BCUT2D eigenvalue weighted by Gasteiger charge is -1.98. The minimum atomic E-state index is -0.365. The molecule has 1 aliphatic rings. The standard InChI is InChI=1S/C9H9NO3/c1-12-9(11)6-2-3-7(10-4-6)8-5-13-8/h2-4,8H,5H2,1H3/t8-/m1/s1. The van der Waals surface area contributed by atoms with Gasteiger partial charge in [0, 0.05) is 6.20 Å². The van der Waals surface area contributed by atoms with Crippen LogP contribution in [0.4, 0.5) is 0 Å². The molecule has 1 saturated heterocycles. The molecule has 0 spiro atoms. The molecule has 1 fully saturated rings. The van der Waals surface area contributed by atoms with Gasteiger partial charge in [-0.15, -0.1) is 0 Å². The van der Waals surface area contributed by atoms with Crippen molar-refractivity contribution in [3.63, 3.8) is 0 Å². The molecule has 13 heavy (non-hydrogen) atoms. The molecule has 4 heteroatoms. The van der Waals surface area contributed by atoms with E-state index in [2.05, 4.69) is 9.72 Å². The predicted octanol–water partition coefficient (Wildman–Crippen LogP) is 0.940. The molecular formula is C9H9NO3. The van der Waals surface area contributed by atoms with Crippen molar-refractivity contribution in [2.45, 2.75) is 6.10 Å².